The summed E-state index contributed by atoms with van der Waals surface area (Å²) in [6.07, 6.45) is 0.838. The zero-order chi connectivity index (χ0) is 16.2. The lowest BCUT2D eigenvalue weighted by Gasteiger charge is -2.12. The monoisotopic (exact) mass is 378 g/mol. The third kappa shape index (κ3) is 4.98. The molecule has 0 heterocycles. The summed E-state index contributed by atoms with van der Waals surface area (Å²) in [6.45, 7) is 4.62. The first kappa shape index (κ1) is 17.9. The summed E-state index contributed by atoms with van der Waals surface area (Å²) >= 11 is 3.19. The molecule has 0 fully saturated rings. The number of nitrogens with two attached hydrogens (primary N) is 1. The van der Waals surface area contributed by atoms with E-state index in [-0.39, 0.29) is 22.1 Å². The number of rotatable bonds is 6. The third-order valence-electron chi connectivity index (χ3n) is 2.79. The maximum absolute atomic E-state index is 12.0. The van der Waals surface area contributed by atoms with Crippen LogP contribution < -0.4 is 15.2 Å². The summed E-state index contributed by atoms with van der Waals surface area (Å²) in [4.78, 5) is 11.8. The van der Waals surface area contributed by atoms with E-state index in [0.29, 0.717) is 16.9 Å². The molecular weight excluding hydrogens is 360 g/mol. The number of hydrogen-bond acceptors (Lipinski definition) is 4. The van der Waals surface area contributed by atoms with E-state index >= 15 is 0 Å². The van der Waals surface area contributed by atoms with Gasteiger partial charge in [-0.25, -0.2) is 13.6 Å². The van der Waals surface area contributed by atoms with Crippen molar-refractivity contribution in [2.24, 2.45) is 11.1 Å². The predicted octanol–water partition coefficient (Wildman–Crippen LogP) is 1.88. The van der Waals surface area contributed by atoms with Crippen LogP contribution in [0.15, 0.2) is 21.5 Å². The van der Waals surface area contributed by atoms with E-state index in [4.69, 9.17) is 9.88 Å². The Balaban J connectivity index is 3.10. The molecule has 0 saturated heterocycles. The average Bonchev–Trinajstić information content (AvgIpc) is 2.36. The second-order valence-corrected chi connectivity index (χ2v) is 7.36. The third-order valence-corrected chi connectivity index (χ3v) is 4.29. The minimum absolute atomic E-state index is 0.0798. The number of sulfonamides is 1. The fourth-order valence-electron chi connectivity index (χ4n) is 1.69. The van der Waals surface area contributed by atoms with Crippen molar-refractivity contribution in [2.75, 3.05) is 13.7 Å². The SMILES string of the molecule is COc1c(Br)cc(C(=O)NCCC(C)C)cc1S(N)(=O)=O. The van der Waals surface area contributed by atoms with Gasteiger partial charge in [0.15, 0.2) is 5.75 Å². The Morgan fingerprint density at radius 1 is 1.43 bits per heavy atom. The molecule has 1 rings (SSSR count). The first-order valence-corrected chi connectivity index (χ1v) is 8.69. The van der Waals surface area contributed by atoms with Crippen LogP contribution >= 0.6 is 15.9 Å². The number of ether oxygens (including phenoxy) is 1. The van der Waals surface area contributed by atoms with Crippen molar-refractivity contribution < 1.29 is 17.9 Å². The van der Waals surface area contributed by atoms with E-state index in [1.165, 1.54) is 19.2 Å². The van der Waals surface area contributed by atoms with Crippen LogP contribution in [0, 0.1) is 5.92 Å². The molecule has 0 aliphatic rings. The average molecular weight is 379 g/mol. The van der Waals surface area contributed by atoms with E-state index in [1.54, 1.807) is 0 Å². The molecule has 1 aromatic rings. The molecule has 0 aliphatic carbocycles. The number of nitrogens with one attached hydrogen (secondary N) is 1. The smallest absolute Gasteiger partial charge is 0.251 e. The molecular formula is C13H19BrN2O4S. The summed E-state index contributed by atoms with van der Waals surface area (Å²) in [5, 5.41) is 7.89. The molecule has 0 aromatic heterocycles. The lowest BCUT2D eigenvalue weighted by atomic mass is 10.1. The number of methoxy groups -OCH3 is 1. The molecule has 0 radical (unpaired) electrons. The summed E-state index contributed by atoms with van der Waals surface area (Å²) in [7, 11) is -2.66. The summed E-state index contributed by atoms with van der Waals surface area (Å²) in [5.74, 6) is 0.188. The van der Waals surface area contributed by atoms with E-state index in [1.807, 2.05) is 0 Å². The Morgan fingerprint density at radius 3 is 2.52 bits per heavy atom. The van der Waals surface area contributed by atoms with Gasteiger partial charge in [0.2, 0.25) is 10.0 Å². The van der Waals surface area contributed by atoms with E-state index < -0.39 is 10.0 Å². The Kier molecular flexibility index (Phi) is 6.18. The van der Waals surface area contributed by atoms with Gasteiger partial charge >= 0.3 is 0 Å². The summed E-state index contributed by atoms with van der Waals surface area (Å²) < 4.78 is 28.5. The highest BCUT2D eigenvalue weighted by molar-refractivity contribution is 9.10. The van der Waals surface area contributed by atoms with E-state index in [0.717, 1.165) is 6.42 Å². The fraction of sp³-hybridized carbons (Fsp3) is 0.462. The Morgan fingerprint density at radius 2 is 2.05 bits per heavy atom. The van der Waals surface area contributed by atoms with Gasteiger partial charge in [-0.1, -0.05) is 13.8 Å². The van der Waals surface area contributed by atoms with Gasteiger partial charge in [0, 0.05) is 12.1 Å². The van der Waals surface area contributed by atoms with Gasteiger partial charge < -0.3 is 10.1 Å². The lowest BCUT2D eigenvalue weighted by molar-refractivity contribution is 0.0951. The number of carbonyl (C=O) groups is 1. The molecule has 0 bridgehead atoms. The van der Waals surface area contributed by atoms with Gasteiger partial charge in [-0.3, -0.25) is 4.79 Å². The van der Waals surface area contributed by atoms with Gasteiger partial charge in [-0.05, 0) is 40.4 Å². The molecule has 1 aromatic carbocycles. The quantitative estimate of drug-likeness (QED) is 0.789. The number of hydrogen-bond donors (Lipinski definition) is 2. The highest BCUT2D eigenvalue weighted by Crippen LogP contribution is 2.33. The Labute approximate surface area is 133 Å². The molecule has 21 heavy (non-hydrogen) atoms. The maximum atomic E-state index is 12.0. The predicted molar refractivity (Wildman–Crippen MR) is 83.9 cm³/mol. The van der Waals surface area contributed by atoms with Crippen LogP contribution in [0.25, 0.3) is 0 Å². The van der Waals surface area contributed by atoms with Gasteiger partial charge in [0.25, 0.3) is 5.91 Å². The fourth-order valence-corrected chi connectivity index (χ4v) is 3.18. The molecule has 0 spiro atoms. The van der Waals surface area contributed by atoms with E-state index in [9.17, 15) is 13.2 Å². The minimum Gasteiger partial charge on any atom is -0.494 e. The van der Waals surface area contributed by atoms with Gasteiger partial charge in [0.1, 0.15) is 4.90 Å². The maximum Gasteiger partial charge on any atom is 0.251 e. The van der Waals surface area contributed by atoms with Gasteiger partial charge in [0.05, 0.1) is 11.6 Å². The second-order valence-electron chi connectivity index (χ2n) is 4.97. The molecule has 0 saturated carbocycles. The van der Waals surface area contributed by atoms with Crippen molar-refractivity contribution in [1.82, 2.24) is 5.32 Å². The number of halogens is 1. The molecule has 6 nitrogen and oxygen atoms in total. The van der Waals surface area contributed by atoms with Crippen molar-refractivity contribution >= 4 is 31.9 Å². The van der Waals surface area contributed by atoms with Crippen LogP contribution in [0.1, 0.15) is 30.6 Å². The Hall–Kier alpha value is -1.12. The molecule has 0 atom stereocenters. The van der Waals surface area contributed by atoms with Crippen molar-refractivity contribution in [2.45, 2.75) is 25.2 Å². The number of benzene rings is 1. The molecule has 118 valence electrons. The molecule has 0 aliphatic heterocycles. The van der Waals surface area contributed by atoms with Gasteiger partial charge in [-0.15, -0.1) is 0 Å². The minimum atomic E-state index is -3.99. The normalized spacial score (nSPS) is 11.5. The molecule has 8 heteroatoms. The van der Waals surface area contributed by atoms with Crippen molar-refractivity contribution in [3.05, 3.63) is 22.2 Å². The first-order chi connectivity index (χ1) is 9.66. The highest BCUT2D eigenvalue weighted by Gasteiger charge is 2.21. The largest absolute Gasteiger partial charge is 0.494 e. The summed E-state index contributed by atoms with van der Waals surface area (Å²) in [5.41, 5.74) is 0.204. The summed E-state index contributed by atoms with van der Waals surface area (Å²) in [6, 6.07) is 2.71. The zero-order valence-corrected chi connectivity index (χ0v) is 14.5. The number of amides is 1. The van der Waals surface area contributed by atoms with E-state index in [2.05, 4.69) is 35.1 Å². The van der Waals surface area contributed by atoms with Crippen molar-refractivity contribution in [3.63, 3.8) is 0 Å². The van der Waals surface area contributed by atoms with Crippen molar-refractivity contribution in [1.29, 1.82) is 0 Å². The topological polar surface area (TPSA) is 98.5 Å². The van der Waals surface area contributed by atoms with Crippen LogP contribution in [0.2, 0.25) is 0 Å². The van der Waals surface area contributed by atoms with Crippen LogP contribution in [0.5, 0.6) is 5.75 Å². The van der Waals surface area contributed by atoms with Crippen LogP contribution in [-0.4, -0.2) is 28.0 Å². The zero-order valence-electron chi connectivity index (χ0n) is 12.1. The molecule has 1 amide bonds. The first-order valence-electron chi connectivity index (χ1n) is 6.35. The number of carbonyl (C=O) groups excluding carboxylic acids is 1. The highest BCUT2D eigenvalue weighted by atomic mass is 79.9. The lowest BCUT2D eigenvalue weighted by Crippen LogP contribution is -2.26. The van der Waals surface area contributed by atoms with Crippen LogP contribution in [0.3, 0.4) is 0 Å². The Bertz CT molecular complexity index is 629. The van der Waals surface area contributed by atoms with Crippen LogP contribution in [0.4, 0.5) is 0 Å². The van der Waals surface area contributed by atoms with Crippen LogP contribution in [-0.2, 0) is 10.0 Å². The standard InChI is InChI=1S/C13H19BrN2O4S/c1-8(2)4-5-16-13(17)9-6-10(14)12(20-3)11(7-9)21(15,18)19/h6-8H,4-5H2,1-3H3,(H,16,17)(H2,15,18,19). The van der Waals surface area contributed by atoms with Gasteiger partial charge in [-0.2, -0.15) is 0 Å². The molecule has 0 unspecified atom stereocenters. The van der Waals surface area contributed by atoms with Crippen molar-refractivity contribution in [3.8, 4) is 5.75 Å². The molecule has 3 N–H and O–H groups in total. The number of primary sulfonamides is 1. The second kappa shape index (κ2) is 7.24.